The molecule has 6 heteroatoms. The second-order valence-electron chi connectivity index (χ2n) is 5.06. The Hall–Kier alpha value is -0.720. The Morgan fingerprint density at radius 3 is 2.65 bits per heavy atom. The van der Waals surface area contributed by atoms with E-state index in [4.69, 9.17) is 15.2 Å². The molecule has 0 saturated heterocycles. The average molecular weight is 344 g/mol. The number of methoxy groups -OCH3 is 1. The van der Waals surface area contributed by atoms with Crippen molar-refractivity contribution in [2.75, 3.05) is 32.7 Å². The molecule has 1 aliphatic rings. The number of halogens is 1. The summed E-state index contributed by atoms with van der Waals surface area (Å²) in [6.45, 7) is 1.79. The zero-order valence-corrected chi connectivity index (χ0v) is 13.5. The monoisotopic (exact) mass is 343 g/mol. The van der Waals surface area contributed by atoms with Crippen molar-refractivity contribution < 1.29 is 9.47 Å². The standard InChI is InChI=1S/C14H22BrN3O2/c1-19-8-9-20-7-6-11-17-13(10-4-2-3-5-10)12(15)14(16)18-11/h10H,2-9H2,1H3,(H2,16,17,18). The molecule has 1 aliphatic carbocycles. The van der Waals surface area contributed by atoms with Gasteiger partial charge in [0.15, 0.2) is 0 Å². The van der Waals surface area contributed by atoms with E-state index in [9.17, 15) is 0 Å². The number of ether oxygens (including phenoxy) is 2. The van der Waals surface area contributed by atoms with Gasteiger partial charge in [-0.2, -0.15) is 0 Å². The lowest BCUT2D eigenvalue weighted by Gasteiger charge is -2.14. The summed E-state index contributed by atoms with van der Waals surface area (Å²) in [5.41, 5.74) is 7.05. The maximum atomic E-state index is 5.98. The molecule has 1 fully saturated rings. The van der Waals surface area contributed by atoms with E-state index in [1.165, 1.54) is 25.7 Å². The summed E-state index contributed by atoms with van der Waals surface area (Å²) < 4.78 is 11.3. The first-order valence-corrected chi connectivity index (χ1v) is 7.90. The topological polar surface area (TPSA) is 70.3 Å². The summed E-state index contributed by atoms with van der Waals surface area (Å²) in [4.78, 5) is 9.01. The van der Waals surface area contributed by atoms with Gasteiger partial charge in [-0.1, -0.05) is 12.8 Å². The van der Waals surface area contributed by atoms with Crippen LogP contribution < -0.4 is 5.73 Å². The molecule has 0 radical (unpaired) electrons. The second kappa shape index (κ2) is 7.90. The molecular weight excluding hydrogens is 322 g/mol. The molecule has 1 aromatic heterocycles. The van der Waals surface area contributed by atoms with Crippen LogP contribution in [0, 0.1) is 0 Å². The van der Waals surface area contributed by atoms with Gasteiger partial charge in [-0.15, -0.1) is 0 Å². The number of nitrogens with zero attached hydrogens (tertiary/aromatic N) is 2. The third kappa shape index (κ3) is 4.14. The van der Waals surface area contributed by atoms with E-state index < -0.39 is 0 Å². The van der Waals surface area contributed by atoms with Gasteiger partial charge >= 0.3 is 0 Å². The van der Waals surface area contributed by atoms with Crippen LogP contribution in [0.3, 0.4) is 0 Å². The van der Waals surface area contributed by atoms with Crippen molar-refractivity contribution in [1.29, 1.82) is 0 Å². The highest BCUT2D eigenvalue weighted by atomic mass is 79.9. The molecule has 0 aromatic carbocycles. The van der Waals surface area contributed by atoms with Crippen LogP contribution in [0.25, 0.3) is 0 Å². The quantitative estimate of drug-likeness (QED) is 0.770. The molecule has 0 unspecified atom stereocenters. The van der Waals surface area contributed by atoms with E-state index in [1.807, 2.05) is 0 Å². The van der Waals surface area contributed by atoms with Gasteiger partial charge in [-0.25, -0.2) is 9.97 Å². The van der Waals surface area contributed by atoms with Crippen LogP contribution in [-0.2, 0) is 15.9 Å². The van der Waals surface area contributed by atoms with Crippen molar-refractivity contribution in [3.05, 3.63) is 16.0 Å². The third-order valence-electron chi connectivity index (χ3n) is 3.59. The molecule has 0 amide bonds. The molecule has 1 saturated carbocycles. The van der Waals surface area contributed by atoms with Gasteiger partial charge in [0.2, 0.25) is 0 Å². The average Bonchev–Trinajstić information content (AvgIpc) is 2.96. The normalized spacial score (nSPS) is 15.9. The van der Waals surface area contributed by atoms with Crippen LogP contribution in [0.5, 0.6) is 0 Å². The predicted octanol–water partition coefficient (Wildman–Crippen LogP) is 2.68. The minimum Gasteiger partial charge on any atom is -0.383 e. The minimum absolute atomic E-state index is 0.517. The SMILES string of the molecule is COCCOCCc1nc(N)c(Br)c(C2CCCC2)n1. The molecule has 0 atom stereocenters. The van der Waals surface area contributed by atoms with Crippen molar-refractivity contribution >= 4 is 21.7 Å². The zero-order valence-electron chi connectivity index (χ0n) is 11.9. The summed E-state index contributed by atoms with van der Waals surface area (Å²) in [5.74, 6) is 1.82. The van der Waals surface area contributed by atoms with E-state index in [1.54, 1.807) is 7.11 Å². The van der Waals surface area contributed by atoms with Crippen LogP contribution in [0.15, 0.2) is 4.47 Å². The molecule has 20 heavy (non-hydrogen) atoms. The van der Waals surface area contributed by atoms with Crippen LogP contribution in [-0.4, -0.2) is 36.9 Å². The molecular formula is C14H22BrN3O2. The lowest BCUT2D eigenvalue weighted by atomic mass is 10.0. The van der Waals surface area contributed by atoms with E-state index in [2.05, 4.69) is 25.9 Å². The fraction of sp³-hybridized carbons (Fsp3) is 0.714. The Kier molecular flexibility index (Phi) is 6.19. The highest BCUT2D eigenvalue weighted by molar-refractivity contribution is 9.10. The third-order valence-corrected chi connectivity index (χ3v) is 4.40. The van der Waals surface area contributed by atoms with Gasteiger partial charge in [0.25, 0.3) is 0 Å². The molecule has 1 aromatic rings. The molecule has 0 aliphatic heterocycles. The van der Waals surface area contributed by atoms with E-state index in [0.717, 1.165) is 16.0 Å². The maximum Gasteiger partial charge on any atom is 0.141 e. The molecule has 0 spiro atoms. The van der Waals surface area contributed by atoms with Crippen LogP contribution >= 0.6 is 15.9 Å². The van der Waals surface area contributed by atoms with Gasteiger partial charge in [0.05, 0.1) is 30.0 Å². The smallest absolute Gasteiger partial charge is 0.141 e. The first kappa shape index (κ1) is 15.7. The fourth-order valence-electron chi connectivity index (χ4n) is 2.52. The zero-order chi connectivity index (χ0) is 14.4. The van der Waals surface area contributed by atoms with Gasteiger partial charge in [0, 0.05) is 19.4 Å². The Morgan fingerprint density at radius 2 is 1.95 bits per heavy atom. The first-order valence-electron chi connectivity index (χ1n) is 7.11. The molecule has 0 bridgehead atoms. The maximum absolute atomic E-state index is 5.98. The molecule has 112 valence electrons. The summed E-state index contributed by atoms with van der Waals surface area (Å²) in [7, 11) is 1.66. The van der Waals surface area contributed by atoms with Crippen molar-refractivity contribution in [2.45, 2.75) is 38.0 Å². The fourth-order valence-corrected chi connectivity index (χ4v) is 3.02. The number of nitrogens with two attached hydrogens (primary N) is 1. The number of hydrogen-bond acceptors (Lipinski definition) is 5. The number of anilines is 1. The summed E-state index contributed by atoms with van der Waals surface area (Å²) in [6, 6.07) is 0. The van der Waals surface area contributed by atoms with Gasteiger partial charge in [0.1, 0.15) is 11.6 Å². The van der Waals surface area contributed by atoms with Crippen molar-refractivity contribution in [1.82, 2.24) is 9.97 Å². The van der Waals surface area contributed by atoms with Gasteiger partial charge in [-0.05, 0) is 28.8 Å². The molecule has 1 heterocycles. The molecule has 2 N–H and O–H groups in total. The minimum atomic E-state index is 0.517. The Balaban J connectivity index is 1.98. The highest BCUT2D eigenvalue weighted by Gasteiger charge is 2.23. The lowest BCUT2D eigenvalue weighted by molar-refractivity contribution is 0.0716. The second-order valence-corrected chi connectivity index (χ2v) is 5.85. The van der Waals surface area contributed by atoms with Crippen LogP contribution in [0.4, 0.5) is 5.82 Å². The van der Waals surface area contributed by atoms with Gasteiger partial charge < -0.3 is 15.2 Å². The summed E-state index contributed by atoms with van der Waals surface area (Å²) in [5, 5.41) is 0. The van der Waals surface area contributed by atoms with E-state index in [-0.39, 0.29) is 0 Å². The number of aromatic nitrogens is 2. The Morgan fingerprint density at radius 1 is 1.20 bits per heavy atom. The number of hydrogen-bond donors (Lipinski definition) is 1. The summed E-state index contributed by atoms with van der Waals surface area (Å²) in [6.07, 6.45) is 5.62. The predicted molar refractivity (Wildman–Crippen MR) is 81.8 cm³/mol. The number of nitrogen functional groups attached to an aromatic ring is 1. The van der Waals surface area contributed by atoms with Crippen molar-refractivity contribution in [3.8, 4) is 0 Å². The van der Waals surface area contributed by atoms with Gasteiger partial charge in [-0.3, -0.25) is 0 Å². The van der Waals surface area contributed by atoms with Crippen LogP contribution in [0.1, 0.15) is 43.1 Å². The molecule has 5 nitrogen and oxygen atoms in total. The lowest BCUT2D eigenvalue weighted by Crippen LogP contribution is -2.11. The van der Waals surface area contributed by atoms with Crippen molar-refractivity contribution in [2.24, 2.45) is 0 Å². The summed E-state index contributed by atoms with van der Waals surface area (Å²) >= 11 is 3.53. The Bertz CT molecular complexity index is 437. The largest absolute Gasteiger partial charge is 0.383 e. The molecule has 2 rings (SSSR count). The Labute approximate surface area is 128 Å². The van der Waals surface area contributed by atoms with E-state index >= 15 is 0 Å². The number of rotatable bonds is 7. The van der Waals surface area contributed by atoms with Crippen molar-refractivity contribution in [3.63, 3.8) is 0 Å². The highest BCUT2D eigenvalue weighted by Crippen LogP contribution is 2.38. The van der Waals surface area contributed by atoms with E-state index in [0.29, 0.717) is 38.0 Å². The first-order chi connectivity index (χ1) is 9.72. The van der Waals surface area contributed by atoms with Crippen LogP contribution in [0.2, 0.25) is 0 Å².